The minimum Gasteiger partial charge on any atom is -0.339 e. The van der Waals surface area contributed by atoms with Crippen molar-refractivity contribution in [3.05, 3.63) is 45.8 Å². The first-order valence-corrected chi connectivity index (χ1v) is 7.46. The van der Waals surface area contributed by atoms with Crippen LogP contribution in [0.2, 0.25) is 0 Å². The largest absolute Gasteiger partial charge is 0.339 e. The predicted molar refractivity (Wildman–Crippen MR) is 85.4 cm³/mol. The Balaban J connectivity index is 2.07. The molecule has 23 heavy (non-hydrogen) atoms. The lowest BCUT2D eigenvalue weighted by Crippen LogP contribution is -2.43. The molecule has 1 aliphatic rings. The monoisotopic (exact) mass is 321 g/mol. The third-order valence-corrected chi connectivity index (χ3v) is 4.18. The van der Waals surface area contributed by atoms with E-state index in [0.717, 1.165) is 38.1 Å². The average molecular weight is 321 g/mol. The zero-order chi connectivity index (χ0) is 17.0. The summed E-state index contributed by atoms with van der Waals surface area (Å²) in [7, 11) is 3.79. The van der Waals surface area contributed by atoms with Gasteiger partial charge in [-0.15, -0.1) is 0 Å². The fourth-order valence-electron chi connectivity index (χ4n) is 2.66. The minimum atomic E-state index is -0.677. The van der Waals surface area contributed by atoms with Crippen LogP contribution in [-0.2, 0) is 4.79 Å². The highest BCUT2D eigenvalue weighted by molar-refractivity contribution is 5.92. The van der Waals surface area contributed by atoms with Gasteiger partial charge < -0.3 is 9.80 Å². The molecule has 0 spiro atoms. The Labute approximate surface area is 134 Å². The Bertz CT molecular complexity index is 625. The molecule has 0 unspecified atom stereocenters. The SMILES string of the molecule is CN1CCC(N(C)C(=O)C=Cc2ccc(F)cc2[N+](=O)[O-])CC1. The van der Waals surface area contributed by atoms with Crippen molar-refractivity contribution in [1.29, 1.82) is 0 Å². The Morgan fingerprint density at radius 3 is 2.70 bits per heavy atom. The highest BCUT2D eigenvalue weighted by Crippen LogP contribution is 2.21. The van der Waals surface area contributed by atoms with Gasteiger partial charge in [0.25, 0.3) is 5.69 Å². The fraction of sp³-hybridized carbons (Fsp3) is 0.438. The number of piperidine rings is 1. The average Bonchev–Trinajstić information content (AvgIpc) is 2.53. The molecule has 0 atom stereocenters. The molecule has 1 saturated heterocycles. The van der Waals surface area contributed by atoms with Crippen molar-refractivity contribution in [2.75, 3.05) is 27.2 Å². The zero-order valence-electron chi connectivity index (χ0n) is 13.2. The number of benzene rings is 1. The number of nitrogens with zero attached hydrogens (tertiary/aromatic N) is 3. The molecule has 1 aliphatic heterocycles. The Morgan fingerprint density at radius 2 is 2.09 bits per heavy atom. The van der Waals surface area contributed by atoms with Gasteiger partial charge in [-0.25, -0.2) is 4.39 Å². The molecule has 1 aromatic rings. The van der Waals surface area contributed by atoms with Gasteiger partial charge in [-0.3, -0.25) is 14.9 Å². The van der Waals surface area contributed by atoms with Gasteiger partial charge in [-0.1, -0.05) is 0 Å². The highest BCUT2D eigenvalue weighted by Gasteiger charge is 2.23. The van der Waals surface area contributed by atoms with E-state index in [1.54, 1.807) is 11.9 Å². The fourth-order valence-corrected chi connectivity index (χ4v) is 2.66. The van der Waals surface area contributed by atoms with E-state index in [2.05, 4.69) is 4.90 Å². The summed E-state index contributed by atoms with van der Waals surface area (Å²) in [6.07, 6.45) is 4.48. The number of likely N-dealkylation sites (tertiary alicyclic amines) is 1. The zero-order valence-corrected chi connectivity index (χ0v) is 13.2. The van der Waals surface area contributed by atoms with Crippen molar-refractivity contribution in [2.45, 2.75) is 18.9 Å². The van der Waals surface area contributed by atoms with E-state index in [-0.39, 0.29) is 23.2 Å². The standard InChI is InChI=1S/C16H20FN3O3/c1-18-9-7-14(8-10-18)19(2)16(21)6-4-12-3-5-13(17)11-15(12)20(22)23/h3-6,11,14H,7-10H2,1-2H3. The van der Waals surface area contributed by atoms with E-state index >= 15 is 0 Å². The van der Waals surface area contributed by atoms with Crippen LogP contribution in [0.4, 0.5) is 10.1 Å². The number of rotatable bonds is 4. The first kappa shape index (κ1) is 17.1. The van der Waals surface area contributed by atoms with Gasteiger partial charge in [-0.05, 0) is 51.2 Å². The maximum atomic E-state index is 13.1. The van der Waals surface area contributed by atoms with Crippen molar-refractivity contribution in [3.8, 4) is 0 Å². The van der Waals surface area contributed by atoms with Gasteiger partial charge in [0, 0.05) is 19.2 Å². The molecule has 6 nitrogen and oxygen atoms in total. The second-order valence-electron chi connectivity index (χ2n) is 5.78. The van der Waals surface area contributed by atoms with Crippen molar-refractivity contribution in [3.63, 3.8) is 0 Å². The molecule has 7 heteroatoms. The van der Waals surface area contributed by atoms with Gasteiger partial charge in [-0.2, -0.15) is 0 Å². The molecule has 1 aromatic carbocycles. The molecule has 0 N–H and O–H groups in total. The molecule has 0 aliphatic carbocycles. The number of carbonyl (C=O) groups excluding carboxylic acids is 1. The van der Waals surface area contributed by atoms with Crippen molar-refractivity contribution < 1.29 is 14.1 Å². The summed E-state index contributed by atoms with van der Waals surface area (Å²) >= 11 is 0. The number of likely N-dealkylation sites (N-methyl/N-ethyl adjacent to an activating group) is 1. The molecule has 1 heterocycles. The Hall–Kier alpha value is -2.28. The van der Waals surface area contributed by atoms with Crippen LogP contribution in [0, 0.1) is 15.9 Å². The normalized spacial score (nSPS) is 16.7. The van der Waals surface area contributed by atoms with Crippen molar-refractivity contribution >= 4 is 17.7 Å². The topological polar surface area (TPSA) is 66.7 Å². The molecule has 1 amide bonds. The number of amides is 1. The molecular formula is C16H20FN3O3. The molecule has 0 aromatic heterocycles. The van der Waals surface area contributed by atoms with E-state index in [1.165, 1.54) is 18.2 Å². The van der Waals surface area contributed by atoms with Crippen molar-refractivity contribution in [2.24, 2.45) is 0 Å². The summed E-state index contributed by atoms with van der Waals surface area (Å²) in [4.78, 5) is 26.4. The molecule has 0 saturated carbocycles. The smallest absolute Gasteiger partial charge is 0.279 e. The molecule has 2 rings (SSSR count). The lowest BCUT2D eigenvalue weighted by molar-refractivity contribution is -0.385. The van der Waals surface area contributed by atoms with E-state index in [0.29, 0.717) is 0 Å². The summed E-state index contributed by atoms with van der Waals surface area (Å²) < 4.78 is 13.1. The van der Waals surface area contributed by atoms with Crippen LogP contribution < -0.4 is 0 Å². The van der Waals surface area contributed by atoms with Gasteiger partial charge in [0.15, 0.2) is 0 Å². The van der Waals surface area contributed by atoms with E-state index in [4.69, 9.17) is 0 Å². The first-order valence-electron chi connectivity index (χ1n) is 7.46. The predicted octanol–water partition coefficient (Wildman–Crippen LogP) is 2.30. The molecule has 1 fully saturated rings. The van der Waals surface area contributed by atoms with E-state index in [9.17, 15) is 19.3 Å². The van der Waals surface area contributed by atoms with E-state index < -0.39 is 10.7 Å². The highest BCUT2D eigenvalue weighted by atomic mass is 19.1. The number of halogens is 1. The van der Waals surface area contributed by atoms with Crippen LogP contribution in [0.5, 0.6) is 0 Å². The quantitative estimate of drug-likeness (QED) is 0.485. The van der Waals surface area contributed by atoms with E-state index in [1.807, 2.05) is 7.05 Å². The number of carbonyl (C=O) groups is 1. The lowest BCUT2D eigenvalue weighted by atomic mass is 10.0. The maximum absolute atomic E-state index is 13.1. The summed E-state index contributed by atoms with van der Waals surface area (Å²) in [5.74, 6) is -0.887. The summed E-state index contributed by atoms with van der Waals surface area (Å²) in [5, 5.41) is 10.9. The maximum Gasteiger partial charge on any atom is 0.279 e. The molecular weight excluding hydrogens is 301 g/mol. The van der Waals surface area contributed by atoms with Crippen LogP contribution >= 0.6 is 0 Å². The lowest BCUT2D eigenvalue weighted by Gasteiger charge is -2.34. The summed E-state index contributed by atoms with van der Waals surface area (Å²) in [6.45, 7) is 1.88. The third-order valence-electron chi connectivity index (χ3n) is 4.18. The first-order chi connectivity index (χ1) is 10.9. The van der Waals surface area contributed by atoms with Crippen LogP contribution in [-0.4, -0.2) is 53.9 Å². The van der Waals surface area contributed by atoms with Crippen LogP contribution in [0.1, 0.15) is 18.4 Å². The van der Waals surface area contributed by atoms with Gasteiger partial charge in [0.2, 0.25) is 5.91 Å². The molecule has 0 radical (unpaired) electrons. The van der Waals surface area contributed by atoms with Gasteiger partial charge >= 0.3 is 0 Å². The van der Waals surface area contributed by atoms with Crippen molar-refractivity contribution in [1.82, 2.24) is 9.80 Å². The Kier molecular flexibility index (Phi) is 5.44. The summed E-state index contributed by atoms with van der Waals surface area (Å²) in [5.41, 5.74) is -0.141. The van der Waals surface area contributed by atoms with Crippen LogP contribution in [0.25, 0.3) is 6.08 Å². The minimum absolute atomic E-state index is 0.173. The summed E-state index contributed by atoms with van der Waals surface area (Å²) in [6, 6.07) is 3.46. The number of nitro benzene ring substituents is 1. The Morgan fingerprint density at radius 1 is 1.43 bits per heavy atom. The second kappa shape index (κ2) is 7.32. The van der Waals surface area contributed by atoms with Crippen LogP contribution in [0.3, 0.4) is 0 Å². The number of nitro groups is 1. The van der Waals surface area contributed by atoms with Gasteiger partial charge in [0.05, 0.1) is 16.6 Å². The second-order valence-corrected chi connectivity index (χ2v) is 5.78. The molecule has 124 valence electrons. The van der Waals surface area contributed by atoms with Crippen LogP contribution in [0.15, 0.2) is 24.3 Å². The van der Waals surface area contributed by atoms with Gasteiger partial charge in [0.1, 0.15) is 5.82 Å². The number of hydrogen-bond acceptors (Lipinski definition) is 4. The molecule has 0 bridgehead atoms. The number of hydrogen-bond donors (Lipinski definition) is 0. The third kappa shape index (κ3) is 4.35.